The lowest BCUT2D eigenvalue weighted by molar-refractivity contribution is 0.214. The topological polar surface area (TPSA) is 41.6 Å². The van der Waals surface area contributed by atoms with Crippen molar-refractivity contribution in [3.05, 3.63) is 23.2 Å². The summed E-state index contributed by atoms with van der Waals surface area (Å²) in [6, 6.07) is 5.19. The Kier molecular flexibility index (Phi) is 4.91. The third-order valence-corrected chi connectivity index (χ3v) is 3.59. The molecule has 1 aromatic rings. The van der Waals surface area contributed by atoms with Gasteiger partial charge in [0.05, 0.1) is 12.1 Å². The predicted octanol–water partition coefficient (Wildman–Crippen LogP) is 3.76. The summed E-state index contributed by atoms with van der Waals surface area (Å²) in [6.07, 6.45) is 4.57. The number of likely N-dealkylation sites (tertiary alicyclic amines) is 1. The maximum absolute atomic E-state index is 12.1. The highest BCUT2D eigenvalue weighted by molar-refractivity contribution is 6.32. The number of rotatable bonds is 2. The lowest BCUT2D eigenvalue weighted by Crippen LogP contribution is -2.35. The molecule has 1 fully saturated rings. The Morgan fingerprint density at radius 2 is 1.95 bits per heavy atom. The monoisotopic (exact) mass is 282 g/mol. The van der Waals surface area contributed by atoms with E-state index in [-0.39, 0.29) is 6.03 Å². The molecule has 0 radical (unpaired) electrons. The second kappa shape index (κ2) is 6.66. The van der Waals surface area contributed by atoms with Gasteiger partial charge in [0.25, 0.3) is 0 Å². The SMILES string of the molecule is COc1ccc(NC(=O)N2CCCCCC2)cc1Cl. The molecule has 4 nitrogen and oxygen atoms in total. The van der Waals surface area contributed by atoms with Gasteiger partial charge in [-0.25, -0.2) is 4.79 Å². The number of methoxy groups -OCH3 is 1. The summed E-state index contributed by atoms with van der Waals surface area (Å²) in [5.41, 5.74) is 0.694. The number of carbonyl (C=O) groups excluding carboxylic acids is 1. The Morgan fingerprint density at radius 3 is 2.53 bits per heavy atom. The van der Waals surface area contributed by atoms with E-state index in [1.54, 1.807) is 25.3 Å². The number of hydrogen-bond acceptors (Lipinski definition) is 2. The van der Waals surface area contributed by atoms with Crippen LogP contribution in [0.2, 0.25) is 5.02 Å². The molecule has 5 heteroatoms. The molecule has 0 aromatic heterocycles. The molecule has 1 aliphatic rings. The molecular weight excluding hydrogens is 264 g/mol. The molecule has 19 heavy (non-hydrogen) atoms. The Bertz CT molecular complexity index is 443. The van der Waals surface area contributed by atoms with Crippen LogP contribution in [0.4, 0.5) is 10.5 Å². The molecule has 104 valence electrons. The number of urea groups is 1. The fourth-order valence-electron chi connectivity index (χ4n) is 2.22. The highest BCUT2D eigenvalue weighted by Gasteiger charge is 2.15. The Balaban J connectivity index is 1.99. The molecule has 1 saturated heterocycles. The minimum atomic E-state index is -0.0527. The lowest BCUT2D eigenvalue weighted by Gasteiger charge is -2.21. The lowest BCUT2D eigenvalue weighted by atomic mass is 10.2. The van der Waals surface area contributed by atoms with Gasteiger partial charge in [-0.1, -0.05) is 24.4 Å². The van der Waals surface area contributed by atoms with Crippen LogP contribution in [0.25, 0.3) is 0 Å². The number of ether oxygens (including phenoxy) is 1. The van der Waals surface area contributed by atoms with Crippen LogP contribution in [0.3, 0.4) is 0 Å². The van der Waals surface area contributed by atoms with Gasteiger partial charge in [0.15, 0.2) is 0 Å². The minimum absolute atomic E-state index is 0.0527. The van der Waals surface area contributed by atoms with Crippen molar-refractivity contribution < 1.29 is 9.53 Å². The van der Waals surface area contributed by atoms with Crippen LogP contribution >= 0.6 is 11.6 Å². The number of carbonyl (C=O) groups is 1. The average molecular weight is 283 g/mol. The summed E-state index contributed by atoms with van der Waals surface area (Å²) >= 11 is 6.03. The summed E-state index contributed by atoms with van der Waals surface area (Å²) in [4.78, 5) is 14.0. The molecule has 0 atom stereocenters. The van der Waals surface area contributed by atoms with Crippen molar-refractivity contribution in [1.82, 2.24) is 4.90 Å². The van der Waals surface area contributed by atoms with Gasteiger partial charge < -0.3 is 15.0 Å². The second-order valence-corrected chi connectivity index (χ2v) is 5.09. The molecule has 0 aliphatic carbocycles. The zero-order valence-electron chi connectivity index (χ0n) is 11.1. The number of halogens is 1. The molecule has 2 amide bonds. The fraction of sp³-hybridized carbons (Fsp3) is 0.500. The first-order chi connectivity index (χ1) is 9.20. The van der Waals surface area contributed by atoms with Crippen LogP contribution in [-0.4, -0.2) is 31.1 Å². The molecule has 1 aromatic carbocycles. The molecular formula is C14H19ClN2O2. The number of amides is 2. The van der Waals surface area contributed by atoms with E-state index in [2.05, 4.69) is 5.32 Å². The predicted molar refractivity (Wildman–Crippen MR) is 77.1 cm³/mol. The van der Waals surface area contributed by atoms with Gasteiger partial charge in [-0.05, 0) is 31.0 Å². The third kappa shape index (κ3) is 3.77. The summed E-state index contributed by atoms with van der Waals surface area (Å²) in [6.45, 7) is 1.66. The van der Waals surface area contributed by atoms with E-state index < -0.39 is 0 Å². The van der Waals surface area contributed by atoms with Gasteiger partial charge in [0.2, 0.25) is 0 Å². The maximum Gasteiger partial charge on any atom is 0.321 e. The highest BCUT2D eigenvalue weighted by Crippen LogP contribution is 2.27. The van der Waals surface area contributed by atoms with Gasteiger partial charge in [-0.15, -0.1) is 0 Å². The van der Waals surface area contributed by atoms with Crippen molar-refractivity contribution in [3.8, 4) is 5.75 Å². The number of nitrogens with one attached hydrogen (secondary N) is 1. The first-order valence-electron chi connectivity index (χ1n) is 6.60. The van der Waals surface area contributed by atoms with Crippen LogP contribution in [0.15, 0.2) is 18.2 Å². The molecule has 1 aliphatic heterocycles. The van der Waals surface area contributed by atoms with E-state index in [0.717, 1.165) is 25.9 Å². The van der Waals surface area contributed by atoms with Crippen LogP contribution in [0.1, 0.15) is 25.7 Å². The molecule has 0 saturated carbocycles. The van der Waals surface area contributed by atoms with E-state index >= 15 is 0 Å². The zero-order valence-corrected chi connectivity index (χ0v) is 11.9. The van der Waals surface area contributed by atoms with Crippen LogP contribution in [-0.2, 0) is 0 Å². The Hall–Kier alpha value is -1.42. The summed E-state index contributed by atoms with van der Waals surface area (Å²) in [5, 5.41) is 3.37. The number of hydrogen-bond donors (Lipinski definition) is 1. The fourth-order valence-corrected chi connectivity index (χ4v) is 2.48. The summed E-state index contributed by atoms with van der Waals surface area (Å²) < 4.78 is 5.08. The maximum atomic E-state index is 12.1. The van der Waals surface area contributed by atoms with Gasteiger partial charge >= 0.3 is 6.03 Å². The van der Waals surface area contributed by atoms with E-state index in [1.165, 1.54) is 12.8 Å². The van der Waals surface area contributed by atoms with Crippen molar-refractivity contribution in [2.45, 2.75) is 25.7 Å². The quantitative estimate of drug-likeness (QED) is 0.897. The first-order valence-corrected chi connectivity index (χ1v) is 6.98. The number of anilines is 1. The van der Waals surface area contributed by atoms with Crippen molar-refractivity contribution >= 4 is 23.3 Å². The molecule has 0 spiro atoms. The second-order valence-electron chi connectivity index (χ2n) is 4.68. The van der Waals surface area contributed by atoms with Crippen molar-refractivity contribution in [2.24, 2.45) is 0 Å². The Labute approximate surface area is 118 Å². The van der Waals surface area contributed by atoms with Gasteiger partial charge in [-0.3, -0.25) is 0 Å². The van der Waals surface area contributed by atoms with E-state index in [0.29, 0.717) is 16.5 Å². The van der Waals surface area contributed by atoms with E-state index in [4.69, 9.17) is 16.3 Å². The largest absolute Gasteiger partial charge is 0.495 e. The minimum Gasteiger partial charge on any atom is -0.495 e. The zero-order chi connectivity index (χ0) is 13.7. The van der Waals surface area contributed by atoms with Gasteiger partial charge in [0.1, 0.15) is 5.75 Å². The van der Waals surface area contributed by atoms with Crippen molar-refractivity contribution in [3.63, 3.8) is 0 Å². The summed E-state index contributed by atoms with van der Waals surface area (Å²) in [7, 11) is 1.57. The van der Waals surface area contributed by atoms with Crippen LogP contribution in [0.5, 0.6) is 5.75 Å². The van der Waals surface area contributed by atoms with Crippen molar-refractivity contribution in [1.29, 1.82) is 0 Å². The van der Waals surface area contributed by atoms with Crippen molar-refractivity contribution in [2.75, 3.05) is 25.5 Å². The third-order valence-electron chi connectivity index (χ3n) is 3.30. The van der Waals surface area contributed by atoms with Crippen LogP contribution in [0, 0.1) is 0 Å². The first kappa shape index (κ1) is 14.0. The smallest absolute Gasteiger partial charge is 0.321 e. The van der Waals surface area contributed by atoms with Gasteiger partial charge in [0, 0.05) is 18.8 Å². The van der Waals surface area contributed by atoms with E-state index in [1.807, 2.05) is 4.90 Å². The van der Waals surface area contributed by atoms with Gasteiger partial charge in [-0.2, -0.15) is 0 Å². The highest BCUT2D eigenvalue weighted by atomic mass is 35.5. The van der Waals surface area contributed by atoms with E-state index in [9.17, 15) is 4.79 Å². The number of nitrogens with zero attached hydrogens (tertiary/aromatic N) is 1. The molecule has 1 heterocycles. The molecule has 1 N–H and O–H groups in total. The summed E-state index contributed by atoms with van der Waals surface area (Å²) in [5.74, 6) is 0.606. The average Bonchev–Trinajstić information content (AvgIpc) is 2.68. The molecule has 0 bridgehead atoms. The molecule has 0 unspecified atom stereocenters. The number of benzene rings is 1. The normalized spacial score (nSPS) is 15.8. The standard InChI is InChI=1S/C14H19ClN2O2/c1-19-13-7-6-11(10-12(13)15)16-14(18)17-8-4-2-3-5-9-17/h6-7,10H,2-5,8-9H2,1H3,(H,16,18). The Morgan fingerprint density at radius 1 is 1.26 bits per heavy atom. The van der Waals surface area contributed by atoms with Crippen LogP contribution < -0.4 is 10.1 Å². The molecule has 2 rings (SSSR count).